The monoisotopic (exact) mass is 285 g/mol. The normalized spacial score (nSPS) is 15.7. The second kappa shape index (κ2) is 6.84. The van der Waals surface area contributed by atoms with Gasteiger partial charge in [-0.3, -0.25) is 4.79 Å². The Morgan fingerprint density at radius 2 is 2.14 bits per heavy atom. The van der Waals surface area contributed by atoms with Crippen molar-refractivity contribution in [3.05, 3.63) is 24.3 Å². The Kier molecular flexibility index (Phi) is 5.11. The van der Waals surface area contributed by atoms with Crippen LogP contribution in [0.2, 0.25) is 0 Å². The summed E-state index contributed by atoms with van der Waals surface area (Å²) >= 11 is 0. The minimum Gasteiger partial charge on any atom is -0.447 e. The largest absolute Gasteiger partial charge is 0.447 e. The molecule has 0 fully saturated rings. The zero-order valence-corrected chi connectivity index (χ0v) is 11.4. The third kappa shape index (κ3) is 3.15. The number of aliphatic hydroxyl groups excluding tert-OH is 1. The van der Waals surface area contributed by atoms with Gasteiger partial charge in [0.2, 0.25) is 0 Å². The Hall–Kier alpha value is -1.70. The fraction of sp³-hybridized carbons (Fsp3) is 0.417. The Morgan fingerprint density at radius 3 is 2.81 bits per heavy atom. The number of hydrogen-bond donors (Lipinski definition) is 1. The van der Waals surface area contributed by atoms with Gasteiger partial charge >= 0.3 is 0 Å². The summed E-state index contributed by atoms with van der Waals surface area (Å²) < 4.78 is 10.2. The first-order valence-corrected chi connectivity index (χ1v) is 6.30. The lowest BCUT2D eigenvalue weighted by Crippen LogP contribution is -2.44. The van der Waals surface area contributed by atoms with E-state index in [4.69, 9.17) is 16.1 Å². The molecule has 2 aromatic rings. The maximum absolute atomic E-state index is 12.3. The van der Waals surface area contributed by atoms with Gasteiger partial charge < -0.3 is 14.4 Å². The van der Waals surface area contributed by atoms with E-state index < -0.39 is 24.0 Å². The highest BCUT2D eigenvalue weighted by Crippen LogP contribution is 2.16. The summed E-state index contributed by atoms with van der Waals surface area (Å²) in [6.45, 7) is 1.75. The highest BCUT2D eigenvalue weighted by molar-refractivity contribution is 5.99. The molecular formula is C12H13B2N3O4. The average molecular weight is 285 g/mol. The third-order valence-corrected chi connectivity index (χ3v) is 3.20. The Balaban J connectivity index is 2.25. The summed E-state index contributed by atoms with van der Waals surface area (Å²) in [4.78, 5) is 12.3. The lowest BCUT2D eigenvalue weighted by atomic mass is 9.99. The lowest BCUT2D eigenvalue weighted by molar-refractivity contribution is -0.00124. The van der Waals surface area contributed by atoms with Crippen molar-refractivity contribution in [1.29, 1.82) is 0 Å². The number of aliphatic hydroxyl groups is 1. The van der Waals surface area contributed by atoms with E-state index in [0.29, 0.717) is 11.0 Å². The number of hydrogen-bond acceptors (Lipinski definition) is 6. The van der Waals surface area contributed by atoms with E-state index in [-0.39, 0.29) is 6.61 Å². The first-order chi connectivity index (χ1) is 10.1. The molecule has 4 radical (unpaired) electrons. The predicted molar refractivity (Wildman–Crippen MR) is 75.7 cm³/mol. The Labute approximate surface area is 124 Å². The molecule has 1 N–H and O–H groups in total. The molecule has 1 heterocycles. The number of benzene rings is 1. The number of nitrogens with zero attached hydrogens (tertiary/aromatic N) is 3. The third-order valence-electron chi connectivity index (χ3n) is 3.20. The van der Waals surface area contributed by atoms with Crippen LogP contribution in [0.1, 0.15) is 11.7 Å². The van der Waals surface area contributed by atoms with Crippen molar-refractivity contribution in [2.75, 3.05) is 6.61 Å². The SMILES string of the molecule is [B]OC[C@@H](C)[C@@H](O[B])C(O)C(=O)n1nnc2ccccc21. The molecule has 0 aliphatic carbocycles. The van der Waals surface area contributed by atoms with Gasteiger partial charge in [-0.2, -0.15) is 4.68 Å². The van der Waals surface area contributed by atoms with Crippen LogP contribution in [0.5, 0.6) is 0 Å². The van der Waals surface area contributed by atoms with Crippen molar-refractivity contribution in [3.63, 3.8) is 0 Å². The molecule has 1 aromatic heterocycles. The van der Waals surface area contributed by atoms with Crippen molar-refractivity contribution in [1.82, 2.24) is 15.0 Å². The molecule has 1 aromatic carbocycles. The minimum absolute atomic E-state index is 0.0737. The molecule has 106 valence electrons. The molecule has 0 aliphatic heterocycles. The smallest absolute Gasteiger partial charge is 0.283 e. The molecule has 0 saturated heterocycles. The number of aromatic nitrogens is 3. The van der Waals surface area contributed by atoms with Crippen molar-refractivity contribution < 1.29 is 19.2 Å². The van der Waals surface area contributed by atoms with Crippen molar-refractivity contribution in [2.24, 2.45) is 5.92 Å². The number of rotatable bonds is 6. The van der Waals surface area contributed by atoms with Crippen LogP contribution >= 0.6 is 0 Å². The van der Waals surface area contributed by atoms with Crippen LogP contribution in [-0.2, 0) is 9.31 Å². The van der Waals surface area contributed by atoms with E-state index in [1.165, 1.54) is 0 Å². The van der Waals surface area contributed by atoms with Gasteiger partial charge in [0.1, 0.15) is 5.52 Å². The number of carbonyl (C=O) groups is 1. The van der Waals surface area contributed by atoms with E-state index in [9.17, 15) is 9.90 Å². The lowest BCUT2D eigenvalue weighted by Gasteiger charge is -2.26. The Bertz CT molecular complexity index is 621. The first kappa shape index (κ1) is 15.7. The van der Waals surface area contributed by atoms with Crippen molar-refractivity contribution in [2.45, 2.75) is 19.1 Å². The molecule has 0 spiro atoms. The molecule has 21 heavy (non-hydrogen) atoms. The van der Waals surface area contributed by atoms with Gasteiger partial charge in [-0.15, -0.1) is 5.10 Å². The summed E-state index contributed by atoms with van der Waals surface area (Å²) in [6.07, 6.45) is -2.51. The Morgan fingerprint density at radius 1 is 1.43 bits per heavy atom. The van der Waals surface area contributed by atoms with Gasteiger partial charge in [0.15, 0.2) is 6.10 Å². The summed E-state index contributed by atoms with van der Waals surface area (Å²) in [5, 5.41) is 17.8. The molecule has 7 nitrogen and oxygen atoms in total. The minimum atomic E-state index is -1.52. The topological polar surface area (TPSA) is 86.5 Å². The second-order valence-electron chi connectivity index (χ2n) is 4.68. The number of para-hydroxylation sites is 1. The first-order valence-electron chi connectivity index (χ1n) is 6.30. The van der Waals surface area contributed by atoms with E-state index in [0.717, 1.165) is 4.68 Å². The fourth-order valence-corrected chi connectivity index (χ4v) is 2.06. The van der Waals surface area contributed by atoms with Gasteiger partial charge in [0, 0.05) is 12.5 Å². The van der Waals surface area contributed by atoms with Gasteiger partial charge in [-0.05, 0) is 12.1 Å². The zero-order valence-electron chi connectivity index (χ0n) is 11.4. The molecule has 0 saturated carbocycles. The maximum Gasteiger partial charge on any atom is 0.283 e. The van der Waals surface area contributed by atoms with Crippen LogP contribution in [0.4, 0.5) is 0 Å². The quantitative estimate of drug-likeness (QED) is 0.729. The highest BCUT2D eigenvalue weighted by Gasteiger charge is 2.32. The molecule has 1 unspecified atom stereocenters. The van der Waals surface area contributed by atoms with Gasteiger partial charge in [0.25, 0.3) is 22.0 Å². The molecule has 0 amide bonds. The highest BCUT2D eigenvalue weighted by atomic mass is 16.5. The van der Waals surface area contributed by atoms with E-state index in [2.05, 4.69) is 19.6 Å². The zero-order chi connectivity index (χ0) is 15.4. The summed E-state index contributed by atoms with van der Waals surface area (Å²) in [5.74, 6) is -1.09. The molecular weight excluding hydrogens is 272 g/mol. The molecule has 0 bridgehead atoms. The van der Waals surface area contributed by atoms with E-state index in [1.54, 1.807) is 31.2 Å². The second-order valence-corrected chi connectivity index (χ2v) is 4.68. The van der Waals surface area contributed by atoms with Crippen LogP contribution in [-0.4, -0.2) is 60.9 Å². The maximum atomic E-state index is 12.3. The number of carbonyl (C=O) groups excluding carboxylic acids is 1. The molecule has 2 rings (SSSR count). The molecule has 3 atom stereocenters. The summed E-state index contributed by atoms with van der Waals surface area (Å²) in [5.41, 5.74) is 1.03. The fourth-order valence-electron chi connectivity index (χ4n) is 2.06. The van der Waals surface area contributed by atoms with Crippen LogP contribution in [0.15, 0.2) is 24.3 Å². The van der Waals surface area contributed by atoms with Gasteiger partial charge in [-0.25, -0.2) is 0 Å². The number of fused-ring (bicyclic) bond motifs is 1. The van der Waals surface area contributed by atoms with Crippen LogP contribution < -0.4 is 0 Å². The predicted octanol–water partition coefficient (Wildman–Crippen LogP) is -0.363. The van der Waals surface area contributed by atoms with Crippen LogP contribution in [0, 0.1) is 5.92 Å². The standard InChI is InChI=1S/C12H13B2N3O4/c1-7(6-20-13)11(21-14)10(18)12(19)17-9-5-3-2-4-8(9)15-16-17/h2-5,7,10-11,18H,6H2,1H3/t7-,10?,11-/m1/s1. The van der Waals surface area contributed by atoms with Gasteiger partial charge in [0.05, 0.1) is 11.6 Å². The van der Waals surface area contributed by atoms with Crippen LogP contribution in [0.25, 0.3) is 11.0 Å². The molecule has 9 heteroatoms. The van der Waals surface area contributed by atoms with E-state index >= 15 is 0 Å². The van der Waals surface area contributed by atoms with Crippen molar-refractivity contribution >= 4 is 33.0 Å². The van der Waals surface area contributed by atoms with Crippen LogP contribution in [0.3, 0.4) is 0 Å². The van der Waals surface area contributed by atoms with Gasteiger partial charge in [-0.1, -0.05) is 24.3 Å². The van der Waals surface area contributed by atoms with E-state index in [1.807, 2.05) is 0 Å². The van der Waals surface area contributed by atoms with Crippen molar-refractivity contribution in [3.8, 4) is 0 Å². The molecule has 0 aliphatic rings. The summed E-state index contributed by atoms with van der Waals surface area (Å²) in [6, 6.07) is 6.89. The summed E-state index contributed by atoms with van der Waals surface area (Å²) in [7, 11) is 10.1. The average Bonchev–Trinajstić information content (AvgIpc) is 2.91.